The number of carbonyl (C=O) groups is 2. The van der Waals surface area contributed by atoms with Gasteiger partial charge >= 0.3 is 0 Å². The van der Waals surface area contributed by atoms with Gasteiger partial charge < -0.3 is 20.0 Å². The molecule has 0 spiro atoms. The van der Waals surface area contributed by atoms with E-state index >= 15 is 0 Å². The van der Waals surface area contributed by atoms with Crippen molar-refractivity contribution >= 4 is 29.2 Å². The third-order valence-electron chi connectivity index (χ3n) is 5.97. The first kappa shape index (κ1) is 20.3. The van der Waals surface area contributed by atoms with Crippen molar-refractivity contribution in [1.82, 2.24) is 10.2 Å². The van der Waals surface area contributed by atoms with E-state index in [4.69, 9.17) is 4.42 Å². The summed E-state index contributed by atoms with van der Waals surface area (Å²) in [5.74, 6) is 1.09. The van der Waals surface area contributed by atoms with E-state index in [2.05, 4.69) is 15.5 Å². The van der Waals surface area contributed by atoms with Crippen LogP contribution in [0.2, 0.25) is 0 Å². The van der Waals surface area contributed by atoms with Gasteiger partial charge in [0.15, 0.2) is 0 Å². The van der Waals surface area contributed by atoms with E-state index in [1.54, 1.807) is 6.08 Å². The fraction of sp³-hybridized carbons (Fsp3) is 0.231. The molecule has 0 atom stereocenters. The van der Waals surface area contributed by atoms with Crippen LogP contribution in [0.25, 0.3) is 23.0 Å². The van der Waals surface area contributed by atoms with Gasteiger partial charge in [0.05, 0.1) is 5.57 Å². The molecule has 1 aromatic heterocycles. The third kappa shape index (κ3) is 4.22. The van der Waals surface area contributed by atoms with Crippen molar-refractivity contribution in [2.24, 2.45) is 0 Å². The monoisotopic (exact) mass is 427 g/mol. The van der Waals surface area contributed by atoms with Crippen LogP contribution in [0, 0.1) is 0 Å². The number of furan rings is 1. The lowest BCUT2D eigenvalue weighted by Gasteiger charge is -2.14. The number of rotatable bonds is 6. The highest BCUT2D eigenvalue weighted by Crippen LogP contribution is 2.33. The standard InChI is InChI=1S/C26H25N3O3/c30-25(27-13-16-29-14-3-4-15-29)19-9-7-18(8-10-19)24-12-11-20(32-24)17-22-21-5-1-2-6-23(21)28-26(22)31/h1-2,5-12,17H,3-4,13-16H2,(H,27,30)(H,28,31)/b22-17+. The molecule has 1 saturated heterocycles. The Morgan fingerprint density at radius 2 is 1.81 bits per heavy atom. The predicted octanol–water partition coefficient (Wildman–Crippen LogP) is 4.26. The summed E-state index contributed by atoms with van der Waals surface area (Å²) in [7, 11) is 0. The number of hydrogen-bond acceptors (Lipinski definition) is 4. The molecular formula is C26H25N3O3. The number of anilines is 1. The normalized spacial score (nSPS) is 16.9. The highest BCUT2D eigenvalue weighted by Gasteiger charge is 2.23. The van der Waals surface area contributed by atoms with Gasteiger partial charge in [0.1, 0.15) is 11.5 Å². The van der Waals surface area contributed by atoms with Crippen molar-refractivity contribution in [2.75, 3.05) is 31.5 Å². The quantitative estimate of drug-likeness (QED) is 0.577. The van der Waals surface area contributed by atoms with E-state index < -0.39 is 0 Å². The number of benzene rings is 2. The molecule has 2 aliphatic heterocycles. The van der Waals surface area contributed by atoms with Crippen LogP contribution in [-0.2, 0) is 4.79 Å². The average Bonchev–Trinajstić information content (AvgIpc) is 3.56. The van der Waals surface area contributed by atoms with E-state index in [1.165, 1.54) is 12.8 Å². The van der Waals surface area contributed by atoms with Crippen LogP contribution in [0.3, 0.4) is 0 Å². The largest absolute Gasteiger partial charge is 0.457 e. The molecule has 32 heavy (non-hydrogen) atoms. The van der Waals surface area contributed by atoms with Gasteiger partial charge in [-0.05, 0) is 62.3 Å². The number of hydrogen-bond donors (Lipinski definition) is 2. The number of amides is 2. The van der Waals surface area contributed by atoms with Gasteiger partial charge in [-0.15, -0.1) is 0 Å². The molecule has 2 N–H and O–H groups in total. The van der Waals surface area contributed by atoms with Crippen LogP contribution in [0.1, 0.15) is 34.5 Å². The molecule has 0 radical (unpaired) electrons. The van der Waals surface area contributed by atoms with Crippen molar-refractivity contribution < 1.29 is 14.0 Å². The molecule has 0 bridgehead atoms. The summed E-state index contributed by atoms with van der Waals surface area (Å²) >= 11 is 0. The summed E-state index contributed by atoms with van der Waals surface area (Å²) in [5.41, 5.74) is 3.77. The highest BCUT2D eigenvalue weighted by molar-refractivity contribution is 6.34. The molecule has 5 rings (SSSR count). The molecule has 0 aliphatic carbocycles. The van der Waals surface area contributed by atoms with Gasteiger partial charge in [0.25, 0.3) is 11.8 Å². The summed E-state index contributed by atoms with van der Waals surface area (Å²) in [6, 6.07) is 18.7. The predicted molar refractivity (Wildman–Crippen MR) is 125 cm³/mol. The molecule has 6 heteroatoms. The van der Waals surface area contributed by atoms with Crippen LogP contribution in [0.4, 0.5) is 5.69 Å². The number of carbonyl (C=O) groups excluding carboxylic acids is 2. The molecule has 162 valence electrons. The molecule has 1 fully saturated rings. The van der Waals surface area contributed by atoms with Crippen molar-refractivity contribution in [1.29, 1.82) is 0 Å². The molecule has 0 unspecified atom stereocenters. The van der Waals surface area contributed by atoms with Crippen molar-refractivity contribution in [2.45, 2.75) is 12.8 Å². The Bertz CT molecular complexity index is 1170. The number of para-hydroxylation sites is 1. The lowest BCUT2D eigenvalue weighted by Crippen LogP contribution is -2.33. The van der Waals surface area contributed by atoms with Gasteiger partial charge in [-0.2, -0.15) is 0 Å². The van der Waals surface area contributed by atoms with Crippen LogP contribution in [-0.4, -0.2) is 42.9 Å². The molecule has 2 aliphatic rings. The van der Waals surface area contributed by atoms with E-state index in [1.807, 2.05) is 60.7 Å². The van der Waals surface area contributed by atoms with Gasteiger partial charge in [-0.1, -0.05) is 30.3 Å². The van der Waals surface area contributed by atoms with Crippen LogP contribution in [0.5, 0.6) is 0 Å². The van der Waals surface area contributed by atoms with Crippen molar-refractivity contribution in [3.63, 3.8) is 0 Å². The summed E-state index contributed by atoms with van der Waals surface area (Å²) in [5, 5.41) is 5.86. The van der Waals surface area contributed by atoms with Crippen LogP contribution >= 0.6 is 0 Å². The minimum atomic E-state index is -0.135. The Labute approximate surface area is 186 Å². The number of fused-ring (bicyclic) bond motifs is 1. The maximum Gasteiger partial charge on any atom is 0.256 e. The maximum atomic E-state index is 12.4. The van der Waals surface area contributed by atoms with Crippen molar-refractivity contribution in [3.8, 4) is 11.3 Å². The lowest BCUT2D eigenvalue weighted by atomic mass is 10.1. The SMILES string of the molecule is O=C1Nc2ccccc2/C1=C\c1ccc(-c2ccc(C(=O)NCCN3CCCC3)cc2)o1. The summed E-state index contributed by atoms with van der Waals surface area (Å²) in [6.07, 6.45) is 4.26. The molecule has 6 nitrogen and oxygen atoms in total. The lowest BCUT2D eigenvalue weighted by molar-refractivity contribution is -0.110. The summed E-state index contributed by atoms with van der Waals surface area (Å²) in [4.78, 5) is 27.1. The van der Waals surface area contributed by atoms with E-state index in [9.17, 15) is 9.59 Å². The van der Waals surface area contributed by atoms with Crippen molar-refractivity contribution in [3.05, 3.63) is 77.6 Å². The number of nitrogens with zero attached hydrogens (tertiary/aromatic N) is 1. The van der Waals surface area contributed by atoms with Gasteiger partial charge in [0, 0.05) is 35.5 Å². The first-order valence-corrected chi connectivity index (χ1v) is 11.0. The summed E-state index contributed by atoms with van der Waals surface area (Å²) < 4.78 is 5.95. The zero-order valence-corrected chi connectivity index (χ0v) is 17.8. The van der Waals surface area contributed by atoms with Crippen LogP contribution < -0.4 is 10.6 Å². The topological polar surface area (TPSA) is 74.6 Å². The number of likely N-dealkylation sites (tertiary alicyclic amines) is 1. The zero-order valence-electron chi connectivity index (χ0n) is 17.8. The average molecular weight is 428 g/mol. The maximum absolute atomic E-state index is 12.4. The fourth-order valence-electron chi connectivity index (χ4n) is 4.23. The van der Waals surface area contributed by atoms with Crippen LogP contribution in [0.15, 0.2) is 65.1 Å². The van der Waals surface area contributed by atoms with Gasteiger partial charge in [-0.25, -0.2) is 0 Å². The molecule has 2 aromatic carbocycles. The fourth-order valence-corrected chi connectivity index (χ4v) is 4.23. The molecule has 0 saturated carbocycles. The first-order chi connectivity index (χ1) is 15.7. The zero-order chi connectivity index (χ0) is 21.9. The Hall–Kier alpha value is -3.64. The second kappa shape index (κ2) is 8.85. The smallest absolute Gasteiger partial charge is 0.256 e. The van der Waals surface area contributed by atoms with Gasteiger partial charge in [-0.3, -0.25) is 9.59 Å². The molecule has 3 heterocycles. The van der Waals surface area contributed by atoms with E-state index in [0.717, 1.165) is 36.4 Å². The Morgan fingerprint density at radius 1 is 1.03 bits per heavy atom. The Balaban J connectivity index is 1.24. The van der Waals surface area contributed by atoms with Gasteiger partial charge in [0.2, 0.25) is 0 Å². The van der Waals surface area contributed by atoms with E-state index in [0.29, 0.717) is 29.2 Å². The first-order valence-electron chi connectivity index (χ1n) is 11.0. The highest BCUT2D eigenvalue weighted by atomic mass is 16.3. The minimum absolute atomic E-state index is 0.0634. The Morgan fingerprint density at radius 3 is 2.62 bits per heavy atom. The van der Waals surface area contributed by atoms with E-state index in [-0.39, 0.29) is 11.8 Å². The number of nitrogens with one attached hydrogen (secondary N) is 2. The molecular weight excluding hydrogens is 402 g/mol. The minimum Gasteiger partial charge on any atom is -0.457 e. The third-order valence-corrected chi connectivity index (χ3v) is 5.97. The summed E-state index contributed by atoms with van der Waals surface area (Å²) in [6.45, 7) is 3.82. The second-order valence-corrected chi connectivity index (χ2v) is 8.14. The molecule has 2 amide bonds. The second-order valence-electron chi connectivity index (χ2n) is 8.14. The molecule has 3 aromatic rings. The Kier molecular flexibility index (Phi) is 5.60.